The Bertz CT molecular complexity index is 968. The lowest BCUT2D eigenvalue weighted by atomic mass is 10.2. The topological polar surface area (TPSA) is 144 Å². The minimum Gasteiger partial charge on any atom is -0.459 e. The molecule has 0 amide bonds. The van der Waals surface area contributed by atoms with E-state index in [1.807, 2.05) is 25.7 Å². The molecule has 276 valence electrons. The van der Waals surface area contributed by atoms with Gasteiger partial charge in [-0.25, -0.2) is 0 Å². The number of ether oxygens (including phenoxy) is 5. The van der Waals surface area contributed by atoms with Crippen LogP contribution in [0.1, 0.15) is 104 Å². The van der Waals surface area contributed by atoms with Gasteiger partial charge in [0.15, 0.2) is 6.29 Å². The van der Waals surface area contributed by atoms with E-state index in [1.54, 1.807) is 92.9 Å². The summed E-state index contributed by atoms with van der Waals surface area (Å²) in [6, 6.07) is 0. The van der Waals surface area contributed by atoms with Crippen LogP contribution in [0, 0.1) is 0 Å². The van der Waals surface area contributed by atoms with Gasteiger partial charge in [0.2, 0.25) is 0 Å². The van der Waals surface area contributed by atoms with E-state index >= 15 is 0 Å². The normalized spacial score (nSPS) is 13.9. The summed E-state index contributed by atoms with van der Waals surface area (Å²) in [6.07, 6.45) is -1.19. The van der Waals surface area contributed by atoms with Crippen molar-refractivity contribution in [3.8, 4) is 0 Å². The van der Waals surface area contributed by atoms with Gasteiger partial charge in [0, 0.05) is 32.7 Å². The molecule has 1 unspecified atom stereocenters. The van der Waals surface area contributed by atoms with Crippen LogP contribution < -0.4 is 0 Å². The SMILES string of the molecule is CC(C)(C)OC(=O)CN(CCN(CC(=O)OC(C)(C)C)CC(=O)OC(C)(C)C)CCN(CC(=O)OC(C)(C)C)CC(O)OC(C)(C)C. The van der Waals surface area contributed by atoms with Gasteiger partial charge in [0.1, 0.15) is 22.4 Å². The molecule has 0 aromatic heterocycles. The molecule has 0 bridgehead atoms. The Balaban J connectivity index is 6.07. The number of aliphatic hydroxyl groups excluding tert-OH is 1. The highest BCUT2D eigenvalue weighted by Crippen LogP contribution is 2.14. The molecule has 0 aliphatic carbocycles. The number of hydrogen-bond donors (Lipinski definition) is 1. The van der Waals surface area contributed by atoms with Crippen LogP contribution in [0.4, 0.5) is 0 Å². The summed E-state index contributed by atoms with van der Waals surface area (Å²) in [5.74, 6) is -1.94. The zero-order valence-electron chi connectivity index (χ0n) is 31.9. The minimum absolute atomic E-state index is 0.0141. The molecule has 47 heavy (non-hydrogen) atoms. The summed E-state index contributed by atoms with van der Waals surface area (Å²) in [7, 11) is 0. The first-order chi connectivity index (χ1) is 20.9. The fourth-order valence-electron chi connectivity index (χ4n) is 4.18. The Hall–Kier alpha value is -2.32. The molecular formula is C34H65N3O10. The zero-order valence-corrected chi connectivity index (χ0v) is 31.9. The van der Waals surface area contributed by atoms with E-state index in [1.165, 1.54) is 0 Å². The van der Waals surface area contributed by atoms with Gasteiger partial charge < -0.3 is 28.8 Å². The van der Waals surface area contributed by atoms with E-state index < -0.39 is 58.2 Å². The van der Waals surface area contributed by atoms with Crippen LogP contribution in [0.2, 0.25) is 0 Å². The summed E-state index contributed by atoms with van der Waals surface area (Å²) in [6.45, 7) is 27.1. The summed E-state index contributed by atoms with van der Waals surface area (Å²) in [5.41, 5.74) is -3.45. The van der Waals surface area contributed by atoms with Crippen LogP contribution in [0.5, 0.6) is 0 Å². The molecule has 0 fully saturated rings. The first-order valence-corrected chi connectivity index (χ1v) is 16.3. The summed E-state index contributed by atoms with van der Waals surface area (Å²) < 4.78 is 27.7. The maximum atomic E-state index is 12.9. The van der Waals surface area contributed by atoms with Crippen LogP contribution in [-0.2, 0) is 42.9 Å². The molecule has 0 radical (unpaired) electrons. The molecule has 0 heterocycles. The van der Waals surface area contributed by atoms with E-state index in [0.717, 1.165) is 0 Å². The number of hydrogen-bond acceptors (Lipinski definition) is 13. The predicted molar refractivity (Wildman–Crippen MR) is 180 cm³/mol. The Morgan fingerprint density at radius 2 is 0.702 bits per heavy atom. The van der Waals surface area contributed by atoms with Crippen LogP contribution >= 0.6 is 0 Å². The Morgan fingerprint density at radius 1 is 0.447 bits per heavy atom. The molecule has 0 saturated carbocycles. The van der Waals surface area contributed by atoms with Crippen molar-refractivity contribution < 1.29 is 48.0 Å². The first-order valence-electron chi connectivity index (χ1n) is 16.3. The number of esters is 4. The summed E-state index contributed by atoms with van der Waals surface area (Å²) in [4.78, 5) is 56.3. The van der Waals surface area contributed by atoms with Gasteiger partial charge in [-0.1, -0.05) is 0 Å². The van der Waals surface area contributed by atoms with E-state index in [4.69, 9.17) is 23.7 Å². The average molecular weight is 676 g/mol. The van der Waals surface area contributed by atoms with Gasteiger partial charge in [0.25, 0.3) is 0 Å². The molecule has 0 aromatic rings. The van der Waals surface area contributed by atoms with Crippen molar-refractivity contribution >= 4 is 23.9 Å². The third-order valence-corrected chi connectivity index (χ3v) is 5.46. The number of nitrogens with zero attached hydrogens (tertiary/aromatic N) is 3. The van der Waals surface area contributed by atoms with Crippen LogP contribution in [0.25, 0.3) is 0 Å². The van der Waals surface area contributed by atoms with Gasteiger partial charge in [-0.15, -0.1) is 0 Å². The van der Waals surface area contributed by atoms with Crippen LogP contribution in [0.3, 0.4) is 0 Å². The van der Waals surface area contributed by atoms with Crippen LogP contribution in [-0.4, -0.2) is 137 Å². The highest BCUT2D eigenvalue weighted by atomic mass is 16.6. The Morgan fingerprint density at radius 3 is 1.00 bits per heavy atom. The molecule has 0 aliphatic heterocycles. The van der Waals surface area contributed by atoms with Gasteiger partial charge in [-0.2, -0.15) is 0 Å². The molecule has 0 saturated heterocycles. The van der Waals surface area contributed by atoms with Crippen molar-refractivity contribution in [3.05, 3.63) is 0 Å². The van der Waals surface area contributed by atoms with Crippen molar-refractivity contribution in [3.63, 3.8) is 0 Å². The summed E-state index contributed by atoms with van der Waals surface area (Å²) >= 11 is 0. The fraction of sp³-hybridized carbons (Fsp3) is 0.882. The monoisotopic (exact) mass is 675 g/mol. The minimum atomic E-state index is -1.19. The van der Waals surface area contributed by atoms with E-state index in [2.05, 4.69) is 0 Å². The van der Waals surface area contributed by atoms with Gasteiger partial charge in [0.05, 0.1) is 31.8 Å². The van der Waals surface area contributed by atoms with Gasteiger partial charge in [-0.3, -0.25) is 33.9 Å². The highest BCUT2D eigenvalue weighted by Gasteiger charge is 2.27. The third-order valence-electron chi connectivity index (χ3n) is 5.46. The maximum Gasteiger partial charge on any atom is 0.320 e. The van der Waals surface area contributed by atoms with Crippen molar-refractivity contribution in [2.45, 2.75) is 138 Å². The van der Waals surface area contributed by atoms with Crippen molar-refractivity contribution in [1.82, 2.24) is 14.7 Å². The fourth-order valence-corrected chi connectivity index (χ4v) is 4.18. The molecule has 1 N–H and O–H groups in total. The maximum absolute atomic E-state index is 12.9. The lowest BCUT2D eigenvalue weighted by Gasteiger charge is -2.32. The van der Waals surface area contributed by atoms with Gasteiger partial charge in [-0.05, 0) is 104 Å². The zero-order chi connectivity index (χ0) is 37.0. The van der Waals surface area contributed by atoms with Crippen molar-refractivity contribution in [2.24, 2.45) is 0 Å². The smallest absolute Gasteiger partial charge is 0.320 e. The number of carbonyl (C=O) groups excluding carboxylic acids is 4. The Kier molecular flexibility index (Phi) is 17.5. The molecular weight excluding hydrogens is 610 g/mol. The molecule has 13 heteroatoms. The van der Waals surface area contributed by atoms with Crippen molar-refractivity contribution in [1.29, 1.82) is 0 Å². The van der Waals surface area contributed by atoms with Crippen LogP contribution in [0.15, 0.2) is 0 Å². The number of aliphatic hydroxyl groups is 1. The average Bonchev–Trinajstić information content (AvgIpc) is 2.73. The van der Waals surface area contributed by atoms with E-state index in [0.29, 0.717) is 0 Å². The lowest BCUT2D eigenvalue weighted by Crippen LogP contribution is -2.48. The third kappa shape index (κ3) is 27.3. The first kappa shape index (κ1) is 44.7. The number of carbonyl (C=O) groups is 4. The van der Waals surface area contributed by atoms with E-state index in [9.17, 15) is 24.3 Å². The second-order valence-corrected chi connectivity index (χ2v) is 16.8. The summed E-state index contributed by atoms with van der Waals surface area (Å²) in [5, 5.41) is 10.6. The second-order valence-electron chi connectivity index (χ2n) is 16.8. The largest absolute Gasteiger partial charge is 0.459 e. The second kappa shape index (κ2) is 18.4. The predicted octanol–water partition coefficient (Wildman–Crippen LogP) is 3.39. The quantitative estimate of drug-likeness (QED) is 0.137. The standard InChI is InChI=1S/C34H65N3O10/c1-30(2,3)43-25(38)20-35(16-18-36(21-26(39)44-31(4,5)6)22-27(40)45-32(7,8)9)17-19-37(23-28(41)46-33(10,11)12)24-29(42)47-34(13,14)15/h26,39H,16-24H2,1-15H3. The molecule has 13 nitrogen and oxygen atoms in total. The Labute approximate surface area is 283 Å². The molecule has 0 rings (SSSR count). The van der Waals surface area contributed by atoms with E-state index in [-0.39, 0.29) is 58.9 Å². The highest BCUT2D eigenvalue weighted by molar-refractivity contribution is 5.75. The van der Waals surface area contributed by atoms with Gasteiger partial charge >= 0.3 is 23.9 Å². The molecule has 1 atom stereocenters. The molecule has 0 aromatic carbocycles. The molecule has 0 aliphatic rings. The molecule has 0 spiro atoms. The number of rotatable bonds is 17. The lowest BCUT2D eigenvalue weighted by molar-refractivity contribution is -0.178. The van der Waals surface area contributed by atoms with Crippen molar-refractivity contribution in [2.75, 3.05) is 58.9 Å².